The Bertz CT molecular complexity index is 544. The topological polar surface area (TPSA) is 67.2 Å². The molecule has 0 N–H and O–H groups in total. The molecule has 0 atom stereocenters. The van der Waals surface area contributed by atoms with E-state index in [0.717, 1.165) is 5.56 Å². The highest BCUT2D eigenvalue weighted by Gasteiger charge is 2.10. The minimum Gasteiger partial charge on any atom is -0.492 e. The monoisotopic (exact) mass is 267 g/mol. The molecule has 5 heteroatoms. The van der Waals surface area contributed by atoms with Gasteiger partial charge >= 0.3 is 0 Å². The van der Waals surface area contributed by atoms with Crippen molar-refractivity contribution in [2.75, 3.05) is 18.1 Å². The van der Waals surface area contributed by atoms with Crippen LogP contribution in [-0.4, -0.2) is 26.5 Å². The third kappa shape index (κ3) is 4.38. The molecule has 4 nitrogen and oxygen atoms in total. The summed E-state index contributed by atoms with van der Waals surface area (Å²) >= 11 is 0. The molecule has 18 heavy (non-hydrogen) atoms. The summed E-state index contributed by atoms with van der Waals surface area (Å²) in [6, 6.07) is 7.14. The van der Waals surface area contributed by atoms with Crippen molar-refractivity contribution in [3.63, 3.8) is 0 Å². The van der Waals surface area contributed by atoms with Crippen LogP contribution in [0.3, 0.4) is 0 Å². The highest BCUT2D eigenvalue weighted by Crippen LogP contribution is 2.19. The number of sulfone groups is 1. The fourth-order valence-electron chi connectivity index (χ4n) is 1.52. The zero-order chi connectivity index (χ0) is 13.6. The van der Waals surface area contributed by atoms with Gasteiger partial charge in [-0.05, 0) is 31.0 Å². The molecule has 0 saturated carbocycles. The van der Waals surface area contributed by atoms with E-state index in [1.165, 1.54) is 0 Å². The Balaban J connectivity index is 2.62. The Morgan fingerprint density at radius 2 is 2.06 bits per heavy atom. The lowest BCUT2D eigenvalue weighted by Crippen LogP contribution is -2.17. The minimum absolute atomic E-state index is 0.0110. The van der Waals surface area contributed by atoms with Gasteiger partial charge in [-0.15, -0.1) is 0 Å². The van der Waals surface area contributed by atoms with Gasteiger partial charge in [0, 0.05) is 0 Å². The smallest absolute Gasteiger partial charge is 0.153 e. The second kappa shape index (κ2) is 6.41. The SMILES string of the molecule is CCCS(=O)(=O)CCOc1cc(C#N)ccc1C. The molecule has 0 aliphatic carbocycles. The summed E-state index contributed by atoms with van der Waals surface area (Å²) in [7, 11) is -3.02. The van der Waals surface area contributed by atoms with Gasteiger partial charge in [0.1, 0.15) is 12.4 Å². The molecule has 0 spiro atoms. The van der Waals surface area contributed by atoms with Gasteiger partial charge in [0.2, 0.25) is 0 Å². The van der Waals surface area contributed by atoms with Gasteiger partial charge in [-0.3, -0.25) is 0 Å². The van der Waals surface area contributed by atoms with Crippen molar-refractivity contribution in [2.45, 2.75) is 20.3 Å². The zero-order valence-corrected chi connectivity index (χ0v) is 11.5. The summed E-state index contributed by atoms with van der Waals surface area (Å²) in [5.41, 5.74) is 1.40. The van der Waals surface area contributed by atoms with Crippen molar-refractivity contribution in [1.29, 1.82) is 5.26 Å². The fraction of sp³-hybridized carbons (Fsp3) is 0.462. The van der Waals surface area contributed by atoms with Crippen LogP contribution in [0.25, 0.3) is 0 Å². The van der Waals surface area contributed by atoms with Crippen LogP contribution in [0.1, 0.15) is 24.5 Å². The van der Waals surface area contributed by atoms with Crippen LogP contribution < -0.4 is 4.74 Å². The van der Waals surface area contributed by atoms with Crippen LogP contribution in [0.5, 0.6) is 5.75 Å². The normalized spacial score (nSPS) is 10.9. The molecular formula is C13H17NO3S. The summed E-state index contributed by atoms with van der Waals surface area (Å²) < 4.78 is 28.4. The third-order valence-corrected chi connectivity index (χ3v) is 4.30. The number of nitrogens with zero attached hydrogens (tertiary/aromatic N) is 1. The molecule has 0 aliphatic rings. The maximum absolute atomic E-state index is 11.5. The average molecular weight is 267 g/mol. The van der Waals surface area contributed by atoms with Crippen molar-refractivity contribution in [1.82, 2.24) is 0 Å². The molecule has 98 valence electrons. The van der Waals surface area contributed by atoms with Crippen LogP contribution in [-0.2, 0) is 9.84 Å². The Morgan fingerprint density at radius 3 is 2.67 bits per heavy atom. The average Bonchev–Trinajstić information content (AvgIpc) is 2.31. The van der Waals surface area contributed by atoms with Crippen molar-refractivity contribution < 1.29 is 13.2 Å². The largest absolute Gasteiger partial charge is 0.492 e. The molecule has 1 aromatic rings. The van der Waals surface area contributed by atoms with Gasteiger partial charge in [0.15, 0.2) is 9.84 Å². The highest BCUT2D eigenvalue weighted by atomic mass is 32.2. The summed E-state index contributed by atoms with van der Waals surface area (Å²) in [4.78, 5) is 0. The van der Waals surface area contributed by atoms with Crippen LogP contribution >= 0.6 is 0 Å². The molecule has 1 aromatic carbocycles. The first-order valence-corrected chi connectivity index (χ1v) is 7.64. The molecule has 0 radical (unpaired) electrons. The summed E-state index contributed by atoms with van der Waals surface area (Å²) in [6.45, 7) is 3.81. The van der Waals surface area contributed by atoms with E-state index in [-0.39, 0.29) is 18.1 Å². The van der Waals surface area contributed by atoms with E-state index in [1.807, 2.05) is 19.9 Å². The quantitative estimate of drug-likeness (QED) is 0.791. The molecule has 0 aromatic heterocycles. The maximum atomic E-state index is 11.5. The summed E-state index contributed by atoms with van der Waals surface area (Å²) in [6.07, 6.45) is 0.616. The Hall–Kier alpha value is -1.54. The van der Waals surface area contributed by atoms with E-state index < -0.39 is 9.84 Å². The lowest BCUT2D eigenvalue weighted by atomic mass is 10.1. The fourth-order valence-corrected chi connectivity index (χ4v) is 2.68. The van der Waals surface area contributed by atoms with Gasteiger partial charge in [0.05, 0.1) is 23.1 Å². The van der Waals surface area contributed by atoms with E-state index in [2.05, 4.69) is 0 Å². The van der Waals surface area contributed by atoms with Crippen molar-refractivity contribution in [3.05, 3.63) is 29.3 Å². The van der Waals surface area contributed by atoms with E-state index in [9.17, 15) is 8.42 Å². The zero-order valence-electron chi connectivity index (χ0n) is 10.6. The predicted molar refractivity (Wildman–Crippen MR) is 70.3 cm³/mol. The van der Waals surface area contributed by atoms with Crippen molar-refractivity contribution >= 4 is 9.84 Å². The van der Waals surface area contributed by atoms with Crippen LogP contribution in [0.15, 0.2) is 18.2 Å². The van der Waals surface area contributed by atoms with Crippen LogP contribution in [0, 0.1) is 18.3 Å². The standard InChI is InChI=1S/C13H17NO3S/c1-3-7-18(15,16)8-6-17-13-9-12(10-14)5-4-11(13)2/h4-5,9H,3,6-8H2,1-2H3. The van der Waals surface area contributed by atoms with Gasteiger partial charge < -0.3 is 4.74 Å². The first-order valence-electron chi connectivity index (χ1n) is 5.82. The number of benzene rings is 1. The molecule has 0 amide bonds. The van der Waals surface area contributed by atoms with Crippen LogP contribution in [0.4, 0.5) is 0 Å². The number of hydrogen-bond acceptors (Lipinski definition) is 4. The molecule has 0 unspecified atom stereocenters. The maximum Gasteiger partial charge on any atom is 0.153 e. The number of nitriles is 1. The molecule has 0 fully saturated rings. The van der Waals surface area contributed by atoms with Gasteiger partial charge in [-0.1, -0.05) is 13.0 Å². The Labute approximate surface area is 108 Å². The molecule has 0 aliphatic heterocycles. The Kier molecular flexibility index (Phi) is 5.17. The van der Waals surface area contributed by atoms with E-state index >= 15 is 0 Å². The number of rotatable bonds is 6. The van der Waals surface area contributed by atoms with Gasteiger partial charge in [0.25, 0.3) is 0 Å². The van der Waals surface area contributed by atoms with Crippen LogP contribution in [0.2, 0.25) is 0 Å². The van der Waals surface area contributed by atoms with Crippen molar-refractivity contribution in [2.24, 2.45) is 0 Å². The first-order chi connectivity index (χ1) is 8.48. The van der Waals surface area contributed by atoms with Gasteiger partial charge in [-0.25, -0.2) is 8.42 Å². The minimum atomic E-state index is -3.02. The summed E-state index contributed by atoms with van der Waals surface area (Å²) in [5.74, 6) is 0.769. The number of ether oxygens (including phenoxy) is 1. The molecule has 0 heterocycles. The highest BCUT2D eigenvalue weighted by molar-refractivity contribution is 7.91. The molecule has 0 bridgehead atoms. The van der Waals surface area contributed by atoms with Gasteiger partial charge in [-0.2, -0.15) is 5.26 Å². The molecule has 1 rings (SSSR count). The lowest BCUT2D eigenvalue weighted by molar-refractivity contribution is 0.338. The first kappa shape index (κ1) is 14.5. The number of hydrogen-bond donors (Lipinski definition) is 0. The second-order valence-corrected chi connectivity index (χ2v) is 6.40. The third-order valence-electron chi connectivity index (χ3n) is 2.48. The summed E-state index contributed by atoms with van der Waals surface area (Å²) in [5, 5.41) is 8.78. The van der Waals surface area contributed by atoms with E-state index in [1.54, 1.807) is 18.2 Å². The van der Waals surface area contributed by atoms with Crippen molar-refractivity contribution in [3.8, 4) is 11.8 Å². The predicted octanol–water partition coefficient (Wildman–Crippen LogP) is 2.07. The molecular weight excluding hydrogens is 250 g/mol. The molecule has 0 saturated heterocycles. The number of aryl methyl sites for hydroxylation is 1. The van der Waals surface area contributed by atoms with E-state index in [4.69, 9.17) is 10.00 Å². The second-order valence-electron chi connectivity index (χ2n) is 4.09. The van der Waals surface area contributed by atoms with E-state index in [0.29, 0.717) is 17.7 Å². The lowest BCUT2D eigenvalue weighted by Gasteiger charge is -2.09. The Morgan fingerprint density at radius 1 is 1.33 bits per heavy atom.